The van der Waals surface area contributed by atoms with Crippen LogP contribution in [0.2, 0.25) is 0 Å². The molecule has 0 bridgehead atoms. The third kappa shape index (κ3) is 6.57. The molecule has 1 amide bonds. The van der Waals surface area contributed by atoms with Gasteiger partial charge in [0.1, 0.15) is 10.4 Å². The van der Waals surface area contributed by atoms with Gasteiger partial charge in [0.2, 0.25) is 5.91 Å². The predicted molar refractivity (Wildman–Crippen MR) is 124 cm³/mol. The van der Waals surface area contributed by atoms with Gasteiger partial charge in [0, 0.05) is 18.2 Å². The summed E-state index contributed by atoms with van der Waals surface area (Å²) in [5.74, 6) is -0.449. The normalized spacial score (nSPS) is 10.9. The van der Waals surface area contributed by atoms with E-state index < -0.39 is 5.97 Å². The van der Waals surface area contributed by atoms with Gasteiger partial charge in [-0.15, -0.1) is 11.3 Å². The number of carboxylic acid groups (broad SMARTS) is 1. The summed E-state index contributed by atoms with van der Waals surface area (Å²) in [4.78, 5) is 40.5. The van der Waals surface area contributed by atoms with Gasteiger partial charge in [-0.25, -0.2) is 4.98 Å². The molecule has 0 aliphatic carbocycles. The predicted octanol–water partition coefficient (Wildman–Crippen LogP) is 2.90. The second kappa shape index (κ2) is 11.7. The number of nitrogens with zero attached hydrogens (tertiary/aromatic N) is 2. The Bertz CT molecular complexity index is 1120. The molecule has 32 heavy (non-hydrogen) atoms. The van der Waals surface area contributed by atoms with E-state index in [1.807, 2.05) is 12.3 Å². The van der Waals surface area contributed by atoms with Gasteiger partial charge >= 0.3 is 0 Å². The standard InChI is InChI=1S/C22H25N3O5S2/c1-2-30-16-9-7-15(8-10-16)23-18(26)14-32-22-24-17-11-13-31-20(17)21(29)25(22)12-5-3-4-6-19(27)28/h7-11,13H,2-6,12,14H2,1H3,(H,23,26)(H,27,28)/p-1. The number of carbonyl (C=O) groups excluding carboxylic acids is 2. The minimum Gasteiger partial charge on any atom is -0.550 e. The smallest absolute Gasteiger partial charge is 0.272 e. The number of amides is 1. The fraction of sp³-hybridized carbons (Fsp3) is 0.364. The van der Waals surface area contributed by atoms with Crippen molar-refractivity contribution in [2.24, 2.45) is 0 Å². The third-order valence-electron chi connectivity index (χ3n) is 4.57. The SMILES string of the molecule is CCOc1ccc(NC(=O)CSc2nc3ccsc3c(=O)n2CCCCCC(=O)[O-])cc1. The third-order valence-corrected chi connectivity index (χ3v) is 6.44. The number of hydrogen-bond donors (Lipinski definition) is 1. The van der Waals surface area contributed by atoms with Crippen molar-refractivity contribution in [1.82, 2.24) is 9.55 Å². The quantitative estimate of drug-likeness (QED) is 0.244. The van der Waals surface area contributed by atoms with Gasteiger partial charge in [-0.3, -0.25) is 14.2 Å². The van der Waals surface area contributed by atoms with E-state index in [4.69, 9.17) is 4.74 Å². The lowest BCUT2D eigenvalue weighted by Gasteiger charge is -2.12. The van der Waals surface area contributed by atoms with E-state index in [-0.39, 0.29) is 23.6 Å². The lowest BCUT2D eigenvalue weighted by molar-refractivity contribution is -0.305. The Labute approximate surface area is 193 Å². The van der Waals surface area contributed by atoms with Gasteiger partial charge in [0.05, 0.1) is 17.9 Å². The number of fused-ring (bicyclic) bond motifs is 1. The van der Waals surface area contributed by atoms with Crippen molar-refractivity contribution in [3.05, 3.63) is 46.1 Å². The lowest BCUT2D eigenvalue weighted by Crippen LogP contribution is -2.24. The molecule has 0 atom stereocenters. The summed E-state index contributed by atoms with van der Waals surface area (Å²) in [6, 6.07) is 8.90. The van der Waals surface area contributed by atoms with Gasteiger partial charge in [-0.2, -0.15) is 0 Å². The number of carboxylic acids is 1. The van der Waals surface area contributed by atoms with Crippen LogP contribution < -0.4 is 20.7 Å². The number of carbonyl (C=O) groups is 2. The van der Waals surface area contributed by atoms with Crippen LogP contribution in [-0.4, -0.2) is 33.8 Å². The highest BCUT2D eigenvalue weighted by Gasteiger charge is 2.14. The topological polar surface area (TPSA) is 113 Å². The van der Waals surface area contributed by atoms with Crippen molar-refractivity contribution >= 4 is 50.9 Å². The first-order valence-corrected chi connectivity index (χ1v) is 12.2. The van der Waals surface area contributed by atoms with E-state index in [0.717, 1.165) is 5.75 Å². The van der Waals surface area contributed by atoms with Crippen molar-refractivity contribution in [2.45, 2.75) is 44.3 Å². The Balaban J connectivity index is 1.65. The molecule has 0 unspecified atom stereocenters. The van der Waals surface area contributed by atoms with Gasteiger partial charge in [0.25, 0.3) is 5.56 Å². The average Bonchev–Trinajstić information content (AvgIpc) is 3.24. The monoisotopic (exact) mass is 474 g/mol. The Kier molecular flexibility index (Phi) is 8.69. The molecular weight excluding hydrogens is 450 g/mol. The zero-order valence-corrected chi connectivity index (χ0v) is 19.3. The molecule has 170 valence electrons. The Morgan fingerprint density at radius 3 is 2.69 bits per heavy atom. The molecule has 1 N–H and O–H groups in total. The highest BCUT2D eigenvalue weighted by Crippen LogP contribution is 2.22. The van der Waals surface area contributed by atoms with Crippen LogP contribution in [0, 0.1) is 0 Å². The maximum Gasteiger partial charge on any atom is 0.272 e. The number of aromatic nitrogens is 2. The number of anilines is 1. The molecule has 8 nitrogen and oxygen atoms in total. The van der Waals surface area contributed by atoms with Crippen molar-refractivity contribution in [3.63, 3.8) is 0 Å². The minimum absolute atomic E-state index is 0.00440. The van der Waals surface area contributed by atoms with Crippen LogP contribution in [0.3, 0.4) is 0 Å². The fourth-order valence-corrected chi connectivity index (χ4v) is 4.68. The summed E-state index contributed by atoms with van der Waals surface area (Å²) in [7, 11) is 0. The van der Waals surface area contributed by atoms with Gasteiger partial charge in [-0.05, 0) is 61.9 Å². The molecule has 0 saturated heterocycles. The van der Waals surface area contributed by atoms with Crippen LogP contribution in [0.4, 0.5) is 5.69 Å². The van der Waals surface area contributed by atoms with E-state index in [9.17, 15) is 19.5 Å². The highest BCUT2D eigenvalue weighted by molar-refractivity contribution is 7.99. The first-order valence-electron chi connectivity index (χ1n) is 10.3. The number of aliphatic carboxylic acids is 1. The van der Waals surface area contributed by atoms with E-state index in [0.29, 0.717) is 53.5 Å². The molecule has 0 saturated carbocycles. The highest BCUT2D eigenvalue weighted by atomic mass is 32.2. The molecule has 1 aromatic carbocycles. The Hall–Kier alpha value is -2.85. The summed E-state index contributed by atoms with van der Waals surface area (Å²) in [6.45, 7) is 2.89. The largest absolute Gasteiger partial charge is 0.550 e. The summed E-state index contributed by atoms with van der Waals surface area (Å²) < 4.78 is 7.54. The van der Waals surface area contributed by atoms with Crippen LogP contribution in [0.5, 0.6) is 5.75 Å². The fourth-order valence-electron chi connectivity index (χ4n) is 3.08. The number of thiophene rings is 1. The molecule has 3 rings (SSSR count). The van der Waals surface area contributed by atoms with Crippen LogP contribution in [-0.2, 0) is 16.1 Å². The Morgan fingerprint density at radius 1 is 1.19 bits per heavy atom. The van der Waals surface area contributed by atoms with Crippen molar-refractivity contribution < 1.29 is 19.4 Å². The minimum atomic E-state index is -1.07. The molecular formula is C22H24N3O5S2-. The molecule has 10 heteroatoms. The second-order valence-corrected chi connectivity index (χ2v) is 8.82. The van der Waals surface area contributed by atoms with Gasteiger partial charge in [0.15, 0.2) is 5.16 Å². The molecule has 0 fully saturated rings. The van der Waals surface area contributed by atoms with E-state index in [2.05, 4.69) is 10.3 Å². The van der Waals surface area contributed by atoms with Crippen LogP contribution in [0.1, 0.15) is 32.6 Å². The maximum atomic E-state index is 12.9. The van der Waals surface area contributed by atoms with Crippen molar-refractivity contribution in [1.29, 1.82) is 0 Å². The molecule has 0 aliphatic heterocycles. The maximum absolute atomic E-state index is 12.9. The number of hydrogen-bond acceptors (Lipinski definition) is 8. The van der Waals surface area contributed by atoms with Crippen molar-refractivity contribution in [3.8, 4) is 5.75 Å². The molecule has 2 heterocycles. The van der Waals surface area contributed by atoms with Crippen molar-refractivity contribution in [2.75, 3.05) is 17.7 Å². The number of benzene rings is 1. The number of thioether (sulfide) groups is 1. The zero-order valence-electron chi connectivity index (χ0n) is 17.7. The molecule has 0 radical (unpaired) electrons. The molecule has 2 aromatic heterocycles. The van der Waals surface area contributed by atoms with E-state index in [1.54, 1.807) is 34.9 Å². The van der Waals surface area contributed by atoms with Gasteiger partial charge < -0.3 is 20.0 Å². The summed E-state index contributed by atoms with van der Waals surface area (Å²) in [5.41, 5.74) is 1.13. The molecule has 0 aliphatic rings. The van der Waals surface area contributed by atoms with Gasteiger partial charge in [-0.1, -0.05) is 18.2 Å². The number of ether oxygens (including phenoxy) is 1. The lowest BCUT2D eigenvalue weighted by atomic mass is 10.2. The van der Waals surface area contributed by atoms with Crippen LogP contribution >= 0.6 is 23.1 Å². The van der Waals surface area contributed by atoms with E-state index >= 15 is 0 Å². The summed E-state index contributed by atoms with van der Waals surface area (Å²) in [6.07, 6.45) is 1.80. The molecule has 3 aromatic rings. The summed E-state index contributed by atoms with van der Waals surface area (Å²) in [5, 5.41) is 15.7. The van der Waals surface area contributed by atoms with Crippen LogP contribution in [0.15, 0.2) is 45.7 Å². The Morgan fingerprint density at radius 2 is 1.97 bits per heavy atom. The second-order valence-electron chi connectivity index (χ2n) is 6.96. The summed E-state index contributed by atoms with van der Waals surface area (Å²) >= 11 is 2.54. The number of unbranched alkanes of at least 4 members (excludes halogenated alkanes) is 2. The average molecular weight is 475 g/mol. The first kappa shape index (κ1) is 23.8. The van der Waals surface area contributed by atoms with Crippen LogP contribution in [0.25, 0.3) is 10.2 Å². The number of nitrogens with one attached hydrogen (secondary N) is 1. The van der Waals surface area contributed by atoms with E-state index in [1.165, 1.54) is 23.1 Å². The zero-order chi connectivity index (χ0) is 22.9. The number of rotatable bonds is 12. The first-order chi connectivity index (χ1) is 15.5. The molecule has 0 spiro atoms.